The molecule has 2 aliphatic rings. The Morgan fingerprint density at radius 3 is 2.58 bits per heavy atom. The van der Waals surface area contributed by atoms with Crippen molar-refractivity contribution < 1.29 is 5.11 Å². The first-order valence-electron chi connectivity index (χ1n) is 5.27. The third kappa shape index (κ3) is 1.56. The number of allylic oxidation sites excluding steroid dienone is 1. The zero-order valence-electron chi connectivity index (χ0n) is 7.68. The van der Waals surface area contributed by atoms with Crippen LogP contribution >= 0.6 is 0 Å². The van der Waals surface area contributed by atoms with Crippen molar-refractivity contribution in [3.8, 4) is 0 Å². The lowest BCUT2D eigenvalue weighted by atomic mass is 9.87. The zero-order valence-corrected chi connectivity index (χ0v) is 7.68. The molecule has 2 aliphatic carbocycles. The Hall–Kier alpha value is -0.300. The maximum Gasteiger partial charge on any atom is 0.0752 e. The molecule has 0 bridgehead atoms. The molecule has 68 valence electrons. The van der Waals surface area contributed by atoms with E-state index in [2.05, 4.69) is 0 Å². The van der Waals surface area contributed by atoms with Gasteiger partial charge in [-0.1, -0.05) is 12.0 Å². The Morgan fingerprint density at radius 2 is 1.67 bits per heavy atom. The van der Waals surface area contributed by atoms with E-state index in [1.807, 2.05) is 0 Å². The molecule has 0 saturated carbocycles. The van der Waals surface area contributed by atoms with Gasteiger partial charge in [0.25, 0.3) is 0 Å². The van der Waals surface area contributed by atoms with Crippen molar-refractivity contribution in [2.75, 3.05) is 0 Å². The van der Waals surface area contributed by atoms with Gasteiger partial charge in [0, 0.05) is 0 Å². The molecule has 12 heavy (non-hydrogen) atoms. The first-order valence-corrected chi connectivity index (χ1v) is 5.27. The maximum atomic E-state index is 9.77. The van der Waals surface area contributed by atoms with Crippen LogP contribution in [0.15, 0.2) is 11.1 Å². The molecule has 0 saturated heterocycles. The van der Waals surface area contributed by atoms with Crippen LogP contribution in [0.4, 0.5) is 0 Å². The van der Waals surface area contributed by atoms with Crippen molar-refractivity contribution >= 4 is 0 Å². The van der Waals surface area contributed by atoms with E-state index in [1.165, 1.54) is 50.5 Å². The first-order chi connectivity index (χ1) is 5.88. The molecule has 1 nitrogen and oxygen atoms in total. The summed E-state index contributed by atoms with van der Waals surface area (Å²) < 4.78 is 0. The molecule has 0 heterocycles. The molecule has 1 atom stereocenters. The molecule has 2 rings (SSSR count). The molecule has 0 aliphatic heterocycles. The monoisotopic (exact) mass is 166 g/mol. The fourth-order valence-corrected chi connectivity index (χ4v) is 2.54. The number of aliphatic hydroxyl groups is 1. The third-order valence-electron chi connectivity index (χ3n) is 3.24. The Balaban J connectivity index is 2.17. The van der Waals surface area contributed by atoms with E-state index in [0.29, 0.717) is 0 Å². The lowest BCUT2D eigenvalue weighted by Crippen LogP contribution is -2.16. The fraction of sp³-hybridized carbons (Fsp3) is 0.818. The summed E-state index contributed by atoms with van der Waals surface area (Å²) in [7, 11) is 0. The van der Waals surface area contributed by atoms with Crippen LogP contribution in [0.5, 0.6) is 0 Å². The van der Waals surface area contributed by atoms with Crippen LogP contribution in [0.2, 0.25) is 0 Å². The Labute approximate surface area is 74.5 Å². The molecule has 1 N–H and O–H groups in total. The molecule has 0 aromatic rings. The van der Waals surface area contributed by atoms with Gasteiger partial charge in [0.1, 0.15) is 0 Å². The van der Waals surface area contributed by atoms with Gasteiger partial charge in [-0.2, -0.15) is 0 Å². The second-order valence-corrected chi connectivity index (χ2v) is 4.10. The fourth-order valence-electron chi connectivity index (χ4n) is 2.54. The number of hydrogen-bond donors (Lipinski definition) is 1. The van der Waals surface area contributed by atoms with E-state index in [-0.39, 0.29) is 6.10 Å². The molecule has 0 spiro atoms. The topological polar surface area (TPSA) is 20.2 Å². The molecular formula is C11H18O. The summed E-state index contributed by atoms with van der Waals surface area (Å²) in [4.78, 5) is 0. The summed E-state index contributed by atoms with van der Waals surface area (Å²) in [5.74, 6) is 0. The highest BCUT2D eigenvalue weighted by Gasteiger charge is 2.21. The highest BCUT2D eigenvalue weighted by atomic mass is 16.3. The quantitative estimate of drug-likeness (QED) is 0.549. The van der Waals surface area contributed by atoms with Crippen molar-refractivity contribution in [1.82, 2.24) is 0 Å². The van der Waals surface area contributed by atoms with Crippen LogP contribution in [0.25, 0.3) is 0 Å². The van der Waals surface area contributed by atoms with Crippen molar-refractivity contribution in [1.29, 1.82) is 0 Å². The van der Waals surface area contributed by atoms with Crippen LogP contribution in [0, 0.1) is 0 Å². The smallest absolute Gasteiger partial charge is 0.0752 e. The second-order valence-electron chi connectivity index (χ2n) is 4.10. The predicted molar refractivity (Wildman–Crippen MR) is 50.0 cm³/mol. The van der Waals surface area contributed by atoms with Crippen molar-refractivity contribution in [2.24, 2.45) is 0 Å². The molecule has 1 unspecified atom stereocenters. The van der Waals surface area contributed by atoms with Gasteiger partial charge in [-0.05, 0) is 50.5 Å². The van der Waals surface area contributed by atoms with Gasteiger partial charge in [0.05, 0.1) is 6.10 Å². The van der Waals surface area contributed by atoms with E-state index < -0.39 is 0 Å². The number of hydrogen-bond acceptors (Lipinski definition) is 1. The Kier molecular flexibility index (Phi) is 2.50. The zero-order chi connectivity index (χ0) is 8.39. The van der Waals surface area contributed by atoms with Gasteiger partial charge in [0.2, 0.25) is 0 Å². The summed E-state index contributed by atoms with van der Waals surface area (Å²) >= 11 is 0. The summed E-state index contributed by atoms with van der Waals surface area (Å²) in [6.45, 7) is 0. The minimum atomic E-state index is -0.0770. The summed E-state index contributed by atoms with van der Waals surface area (Å²) in [6, 6.07) is 0. The lowest BCUT2D eigenvalue weighted by Gasteiger charge is -2.23. The van der Waals surface area contributed by atoms with Crippen molar-refractivity contribution in [3.63, 3.8) is 0 Å². The van der Waals surface area contributed by atoms with Crippen LogP contribution in [0.3, 0.4) is 0 Å². The van der Waals surface area contributed by atoms with Gasteiger partial charge in [0.15, 0.2) is 0 Å². The SMILES string of the molecule is OC1CCCC2=C1CCCCC2. The average Bonchev–Trinajstić information content (AvgIpc) is 2.30. The number of aliphatic hydroxyl groups excluding tert-OH is 1. The maximum absolute atomic E-state index is 9.77. The number of rotatable bonds is 0. The highest BCUT2D eigenvalue weighted by molar-refractivity contribution is 5.22. The normalized spacial score (nSPS) is 31.2. The van der Waals surface area contributed by atoms with E-state index in [0.717, 1.165) is 6.42 Å². The van der Waals surface area contributed by atoms with Gasteiger partial charge >= 0.3 is 0 Å². The molecule has 0 amide bonds. The van der Waals surface area contributed by atoms with Crippen molar-refractivity contribution in [3.05, 3.63) is 11.1 Å². The van der Waals surface area contributed by atoms with E-state index >= 15 is 0 Å². The van der Waals surface area contributed by atoms with E-state index in [1.54, 1.807) is 5.57 Å². The molecule has 0 aromatic carbocycles. The summed E-state index contributed by atoms with van der Waals surface area (Å²) in [5, 5.41) is 9.77. The van der Waals surface area contributed by atoms with Gasteiger partial charge in [-0.25, -0.2) is 0 Å². The van der Waals surface area contributed by atoms with Crippen LogP contribution in [-0.4, -0.2) is 11.2 Å². The van der Waals surface area contributed by atoms with E-state index in [9.17, 15) is 5.11 Å². The Morgan fingerprint density at radius 1 is 0.917 bits per heavy atom. The van der Waals surface area contributed by atoms with Gasteiger partial charge < -0.3 is 5.11 Å². The second kappa shape index (κ2) is 3.61. The average molecular weight is 166 g/mol. The standard InChI is InChI=1S/C11H18O/c12-11-8-4-6-9-5-2-1-3-7-10(9)11/h11-12H,1-8H2. The predicted octanol–water partition coefficient (Wildman–Crippen LogP) is 2.79. The lowest BCUT2D eigenvalue weighted by molar-refractivity contribution is 0.184. The molecule has 0 fully saturated rings. The largest absolute Gasteiger partial charge is 0.389 e. The van der Waals surface area contributed by atoms with Gasteiger partial charge in [-0.3, -0.25) is 0 Å². The Bertz CT molecular complexity index is 193. The van der Waals surface area contributed by atoms with Crippen LogP contribution < -0.4 is 0 Å². The first kappa shape index (κ1) is 8.31. The molecular weight excluding hydrogens is 148 g/mol. The van der Waals surface area contributed by atoms with Gasteiger partial charge in [-0.15, -0.1) is 0 Å². The highest BCUT2D eigenvalue weighted by Crippen LogP contribution is 2.34. The minimum absolute atomic E-state index is 0.0770. The van der Waals surface area contributed by atoms with Crippen LogP contribution in [0.1, 0.15) is 51.4 Å². The molecule has 0 aromatic heterocycles. The molecule has 0 radical (unpaired) electrons. The van der Waals surface area contributed by atoms with E-state index in [4.69, 9.17) is 0 Å². The molecule has 1 heteroatoms. The summed E-state index contributed by atoms with van der Waals surface area (Å²) in [5.41, 5.74) is 3.02. The summed E-state index contributed by atoms with van der Waals surface area (Å²) in [6.07, 6.45) is 9.88. The van der Waals surface area contributed by atoms with Crippen LogP contribution in [-0.2, 0) is 0 Å². The van der Waals surface area contributed by atoms with Crippen molar-refractivity contribution in [2.45, 2.75) is 57.5 Å². The minimum Gasteiger partial charge on any atom is -0.389 e. The third-order valence-corrected chi connectivity index (χ3v) is 3.24.